The Hall–Kier alpha value is -2.88. The van der Waals surface area contributed by atoms with Gasteiger partial charge in [-0.25, -0.2) is 4.39 Å². The first-order valence-electron chi connectivity index (χ1n) is 10.2. The number of aryl methyl sites for hydroxylation is 2. The van der Waals surface area contributed by atoms with Crippen LogP contribution in [0.25, 0.3) is 10.9 Å². The summed E-state index contributed by atoms with van der Waals surface area (Å²) < 4.78 is 19.9. The topological polar surface area (TPSA) is 79.0 Å². The van der Waals surface area contributed by atoms with Crippen LogP contribution in [0.1, 0.15) is 28.7 Å². The fraction of sp³-hybridized carbons (Fsp3) is 0.318. The highest BCUT2D eigenvalue weighted by atomic mass is 32.1. The lowest BCUT2D eigenvalue weighted by Gasteiger charge is -2.33. The summed E-state index contributed by atoms with van der Waals surface area (Å²) >= 11 is 1.45. The second kappa shape index (κ2) is 8.33. The van der Waals surface area contributed by atoms with Gasteiger partial charge in [0, 0.05) is 47.6 Å². The molecule has 1 aromatic carbocycles. The molecule has 0 unspecified atom stereocenters. The number of nitrogens with zero attached hydrogens (tertiary/aromatic N) is 4. The first-order valence-corrected chi connectivity index (χ1v) is 11.1. The van der Waals surface area contributed by atoms with Crippen LogP contribution >= 0.6 is 11.3 Å². The third kappa shape index (κ3) is 4.30. The molecule has 7 nitrogen and oxygen atoms in total. The number of anilines is 2. The molecule has 0 spiro atoms. The average Bonchev–Trinajstić information content (AvgIpc) is 3.36. The highest BCUT2D eigenvalue weighted by Crippen LogP contribution is 2.29. The van der Waals surface area contributed by atoms with Gasteiger partial charge < -0.3 is 15.0 Å². The molecule has 9 heteroatoms. The number of morpholine rings is 1. The van der Waals surface area contributed by atoms with Gasteiger partial charge in [-0.05, 0) is 49.7 Å². The van der Waals surface area contributed by atoms with E-state index in [-0.39, 0.29) is 11.9 Å². The van der Waals surface area contributed by atoms with Gasteiger partial charge in [-0.1, -0.05) is 11.3 Å². The van der Waals surface area contributed by atoms with Crippen molar-refractivity contribution in [2.24, 2.45) is 0 Å². The number of benzene rings is 1. The second-order valence-corrected chi connectivity index (χ2v) is 8.64. The Balaban J connectivity index is 1.36. The summed E-state index contributed by atoms with van der Waals surface area (Å²) in [5.74, 6) is -0.216. The Morgan fingerprint density at radius 2 is 2.19 bits per heavy atom. The molecule has 0 aliphatic carbocycles. The molecule has 1 saturated heterocycles. The smallest absolute Gasteiger partial charge is 0.209 e. The van der Waals surface area contributed by atoms with E-state index in [1.807, 2.05) is 26.0 Å². The minimum absolute atomic E-state index is 0.133. The molecule has 2 N–H and O–H groups in total. The van der Waals surface area contributed by atoms with Crippen LogP contribution in [0.3, 0.4) is 0 Å². The third-order valence-electron chi connectivity index (χ3n) is 5.53. The van der Waals surface area contributed by atoms with Crippen LogP contribution in [0.4, 0.5) is 15.2 Å². The molecule has 0 saturated carbocycles. The fourth-order valence-corrected chi connectivity index (χ4v) is 4.55. The Kier molecular flexibility index (Phi) is 5.39. The zero-order valence-corrected chi connectivity index (χ0v) is 18.2. The lowest BCUT2D eigenvalue weighted by Crippen LogP contribution is -2.38. The minimum Gasteiger partial charge on any atom is -0.369 e. The summed E-state index contributed by atoms with van der Waals surface area (Å²) in [6.07, 6.45) is -0.133. The van der Waals surface area contributed by atoms with Crippen molar-refractivity contribution < 1.29 is 9.13 Å². The molecule has 1 atom stereocenters. The number of nitrogens with one attached hydrogen (secondary N) is 2. The number of halogens is 1. The Morgan fingerprint density at radius 1 is 1.29 bits per heavy atom. The number of ether oxygens (including phenoxy) is 1. The molecule has 3 aromatic heterocycles. The summed E-state index contributed by atoms with van der Waals surface area (Å²) in [7, 11) is 0. The molecular formula is C22H23FN6OS. The van der Waals surface area contributed by atoms with E-state index in [0.29, 0.717) is 6.61 Å². The highest BCUT2D eigenvalue weighted by Gasteiger charge is 2.25. The van der Waals surface area contributed by atoms with Crippen molar-refractivity contribution in [2.75, 3.05) is 25.0 Å². The number of hydrogen-bond donors (Lipinski definition) is 2. The number of aromatic nitrogens is 4. The minimum atomic E-state index is -0.216. The quantitative estimate of drug-likeness (QED) is 0.478. The van der Waals surface area contributed by atoms with Gasteiger partial charge in [0.25, 0.3) is 0 Å². The number of hydrogen-bond acceptors (Lipinski definition) is 7. The lowest BCUT2D eigenvalue weighted by molar-refractivity contribution is -0.0349. The number of H-pyrrole nitrogens is 1. The van der Waals surface area contributed by atoms with Crippen LogP contribution in [0, 0.1) is 19.7 Å². The SMILES string of the molecule is Cc1cc(Nc2nncs2)cc([C@@H]2CN(Cc3c(C)[nH]c4ccc(F)cc34)CCO2)n1. The van der Waals surface area contributed by atoms with Crippen molar-refractivity contribution in [3.8, 4) is 0 Å². The van der Waals surface area contributed by atoms with Crippen LogP contribution in [-0.4, -0.2) is 44.8 Å². The molecule has 0 amide bonds. The summed E-state index contributed by atoms with van der Waals surface area (Å²) in [6.45, 7) is 6.90. The van der Waals surface area contributed by atoms with E-state index in [2.05, 4.69) is 25.4 Å². The van der Waals surface area contributed by atoms with Gasteiger partial charge in [0.1, 0.15) is 17.4 Å². The van der Waals surface area contributed by atoms with Crippen molar-refractivity contribution >= 4 is 33.1 Å². The van der Waals surface area contributed by atoms with Crippen LogP contribution < -0.4 is 5.32 Å². The zero-order chi connectivity index (χ0) is 21.4. The highest BCUT2D eigenvalue weighted by molar-refractivity contribution is 7.13. The number of fused-ring (bicyclic) bond motifs is 1. The van der Waals surface area contributed by atoms with Gasteiger partial charge in [-0.2, -0.15) is 0 Å². The maximum Gasteiger partial charge on any atom is 0.209 e. The first-order chi connectivity index (χ1) is 15.0. The number of aromatic amines is 1. The van der Waals surface area contributed by atoms with Crippen molar-refractivity contribution in [3.05, 3.63) is 64.3 Å². The maximum atomic E-state index is 13.8. The molecule has 4 aromatic rings. The molecule has 5 rings (SSSR count). The van der Waals surface area contributed by atoms with Crippen LogP contribution in [-0.2, 0) is 11.3 Å². The molecule has 31 heavy (non-hydrogen) atoms. The Morgan fingerprint density at radius 3 is 3.03 bits per heavy atom. The molecule has 4 heterocycles. The second-order valence-electron chi connectivity index (χ2n) is 7.80. The predicted octanol–water partition coefficient (Wildman–Crippen LogP) is 4.49. The molecule has 0 bridgehead atoms. The van der Waals surface area contributed by atoms with Crippen LogP contribution in [0.15, 0.2) is 35.8 Å². The van der Waals surface area contributed by atoms with Gasteiger partial charge in [0.2, 0.25) is 5.13 Å². The van der Waals surface area contributed by atoms with Crippen LogP contribution in [0.2, 0.25) is 0 Å². The van der Waals surface area contributed by atoms with Gasteiger partial charge >= 0.3 is 0 Å². The zero-order valence-electron chi connectivity index (χ0n) is 17.4. The standard InChI is InChI=1S/C22H23FN6OS/c1-13-7-16(27-22-28-24-12-31-22)9-20(25-13)21-11-29(5-6-30-21)10-18-14(2)26-19-4-3-15(23)8-17(18)19/h3-4,7-9,12,21,26H,5-6,10-11H2,1-2H3,(H,25,27,28)/t21-/m0/s1. The summed E-state index contributed by atoms with van der Waals surface area (Å²) in [5.41, 5.74) is 7.57. The van der Waals surface area contributed by atoms with Gasteiger partial charge in [-0.15, -0.1) is 10.2 Å². The van der Waals surface area contributed by atoms with Crippen molar-refractivity contribution in [2.45, 2.75) is 26.5 Å². The summed E-state index contributed by atoms with van der Waals surface area (Å²) in [4.78, 5) is 10.4. The van der Waals surface area contributed by atoms with Gasteiger partial charge in [0.05, 0.1) is 12.3 Å². The summed E-state index contributed by atoms with van der Waals surface area (Å²) in [6, 6.07) is 8.89. The number of pyridine rings is 1. The van der Waals surface area contributed by atoms with E-state index in [9.17, 15) is 4.39 Å². The molecule has 0 radical (unpaired) electrons. The largest absolute Gasteiger partial charge is 0.369 e. The molecule has 160 valence electrons. The monoisotopic (exact) mass is 438 g/mol. The Bertz CT molecular complexity index is 1210. The maximum absolute atomic E-state index is 13.8. The van der Waals surface area contributed by atoms with E-state index < -0.39 is 0 Å². The average molecular weight is 439 g/mol. The van der Waals surface area contributed by atoms with E-state index >= 15 is 0 Å². The van der Waals surface area contributed by atoms with Gasteiger partial charge in [-0.3, -0.25) is 9.88 Å². The van der Waals surface area contributed by atoms with E-state index in [0.717, 1.165) is 64.0 Å². The van der Waals surface area contributed by atoms with Crippen molar-refractivity contribution in [3.63, 3.8) is 0 Å². The van der Waals surface area contributed by atoms with E-state index in [4.69, 9.17) is 9.72 Å². The normalized spacial score (nSPS) is 17.3. The van der Waals surface area contributed by atoms with E-state index in [1.54, 1.807) is 17.6 Å². The summed E-state index contributed by atoms with van der Waals surface area (Å²) in [5, 5.41) is 12.9. The van der Waals surface area contributed by atoms with E-state index in [1.165, 1.54) is 17.4 Å². The van der Waals surface area contributed by atoms with Crippen molar-refractivity contribution in [1.29, 1.82) is 0 Å². The molecule has 1 aliphatic rings. The Labute approximate surface area is 183 Å². The van der Waals surface area contributed by atoms with Gasteiger partial charge in [0.15, 0.2) is 0 Å². The third-order valence-corrected chi connectivity index (χ3v) is 6.13. The lowest BCUT2D eigenvalue weighted by atomic mass is 10.1. The molecule has 1 aliphatic heterocycles. The molecular weight excluding hydrogens is 415 g/mol. The van der Waals surface area contributed by atoms with Crippen molar-refractivity contribution in [1.82, 2.24) is 25.1 Å². The molecule has 1 fully saturated rings. The van der Waals surface area contributed by atoms with Crippen LogP contribution in [0.5, 0.6) is 0 Å². The fourth-order valence-electron chi connectivity index (χ4n) is 4.09. The predicted molar refractivity (Wildman–Crippen MR) is 119 cm³/mol. The first kappa shape index (κ1) is 20.0. The number of rotatable bonds is 5.